The molecule has 1 aromatic carbocycles. The van der Waals surface area contributed by atoms with Gasteiger partial charge in [-0.1, -0.05) is 25.1 Å². The molecule has 1 heterocycles. The van der Waals surface area contributed by atoms with Gasteiger partial charge in [-0.2, -0.15) is 0 Å². The van der Waals surface area contributed by atoms with Gasteiger partial charge in [0, 0.05) is 30.9 Å². The fourth-order valence-corrected chi connectivity index (χ4v) is 2.95. The maximum absolute atomic E-state index is 11.3. The summed E-state index contributed by atoms with van der Waals surface area (Å²) in [5.41, 5.74) is 4.10. The van der Waals surface area contributed by atoms with E-state index in [1.807, 2.05) is 6.92 Å². The number of hydrogen-bond acceptors (Lipinski definition) is 2. The molecular weight excluding hydrogens is 238 g/mol. The smallest absolute Gasteiger partial charge is 0.219 e. The van der Waals surface area contributed by atoms with Crippen LogP contribution in [0.15, 0.2) is 18.2 Å². The van der Waals surface area contributed by atoms with Gasteiger partial charge < -0.3 is 10.1 Å². The first-order valence-electron chi connectivity index (χ1n) is 7.03. The van der Waals surface area contributed by atoms with E-state index in [9.17, 15) is 4.79 Å². The fourth-order valence-electron chi connectivity index (χ4n) is 2.95. The molecule has 100 valence electrons. The molecule has 2 aliphatic rings. The van der Waals surface area contributed by atoms with Crippen LogP contribution in [0.1, 0.15) is 42.4 Å². The third kappa shape index (κ3) is 2.25. The molecule has 1 aromatic rings. The Labute approximate surface area is 113 Å². The first kappa shape index (κ1) is 12.3. The molecule has 1 aliphatic carbocycles. The number of carbonyl (C=O) groups is 1. The Morgan fingerprint density at radius 1 is 1.47 bits per heavy atom. The van der Waals surface area contributed by atoms with Crippen molar-refractivity contribution in [1.29, 1.82) is 0 Å². The average molecular weight is 257 g/mol. The summed E-state index contributed by atoms with van der Waals surface area (Å²) in [4.78, 5) is 11.3. The summed E-state index contributed by atoms with van der Waals surface area (Å²) in [5.74, 6) is 1.60. The van der Waals surface area contributed by atoms with Crippen molar-refractivity contribution >= 4 is 12.0 Å². The van der Waals surface area contributed by atoms with Gasteiger partial charge in [-0.3, -0.25) is 4.79 Å². The zero-order valence-corrected chi connectivity index (χ0v) is 11.2. The zero-order chi connectivity index (χ0) is 13.2. The van der Waals surface area contributed by atoms with Crippen molar-refractivity contribution in [2.75, 3.05) is 13.2 Å². The summed E-state index contributed by atoms with van der Waals surface area (Å²) in [7, 11) is 0. The third-order valence-electron chi connectivity index (χ3n) is 3.93. The molecule has 0 unspecified atom stereocenters. The summed E-state index contributed by atoms with van der Waals surface area (Å²) in [5, 5.41) is 2.95. The molecular formula is C16H19NO2. The van der Waals surface area contributed by atoms with Crippen molar-refractivity contribution in [3.63, 3.8) is 0 Å². The lowest BCUT2D eigenvalue weighted by atomic mass is 9.91. The molecule has 0 saturated carbocycles. The van der Waals surface area contributed by atoms with Gasteiger partial charge in [0.1, 0.15) is 5.75 Å². The minimum atomic E-state index is 0.129. The summed E-state index contributed by atoms with van der Waals surface area (Å²) < 4.78 is 5.63. The normalized spacial score (nSPS) is 18.9. The molecule has 1 N–H and O–H groups in total. The molecule has 1 atom stereocenters. The van der Waals surface area contributed by atoms with Crippen LogP contribution >= 0.6 is 0 Å². The molecule has 0 bridgehead atoms. The molecule has 0 saturated heterocycles. The van der Waals surface area contributed by atoms with Crippen LogP contribution in [0.25, 0.3) is 6.08 Å². The van der Waals surface area contributed by atoms with Gasteiger partial charge in [0.2, 0.25) is 5.91 Å². The quantitative estimate of drug-likeness (QED) is 0.900. The van der Waals surface area contributed by atoms with E-state index in [0.29, 0.717) is 12.3 Å². The molecule has 3 heteroatoms. The highest BCUT2D eigenvalue weighted by Crippen LogP contribution is 2.41. The summed E-state index contributed by atoms with van der Waals surface area (Å²) in [6.45, 7) is 3.42. The number of benzene rings is 1. The Bertz CT molecular complexity index is 534. The molecule has 3 rings (SSSR count). The van der Waals surface area contributed by atoms with Crippen molar-refractivity contribution in [1.82, 2.24) is 5.32 Å². The van der Waals surface area contributed by atoms with Crippen LogP contribution in [0.5, 0.6) is 5.75 Å². The minimum absolute atomic E-state index is 0.129. The van der Waals surface area contributed by atoms with Crippen LogP contribution < -0.4 is 10.1 Å². The predicted octanol–water partition coefficient (Wildman–Crippen LogP) is 2.65. The third-order valence-corrected chi connectivity index (χ3v) is 3.93. The number of amides is 1. The van der Waals surface area contributed by atoms with Crippen LogP contribution in [0.2, 0.25) is 0 Å². The van der Waals surface area contributed by atoms with Gasteiger partial charge in [-0.05, 0) is 23.6 Å². The highest BCUT2D eigenvalue weighted by atomic mass is 16.5. The van der Waals surface area contributed by atoms with Gasteiger partial charge in [-0.15, -0.1) is 0 Å². The molecule has 0 fully saturated rings. The number of fused-ring (bicyclic) bond motifs is 3. The predicted molar refractivity (Wildman–Crippen MR) is 75.3 cm³/mol. The minimum Gasteiger partial charge on any atom is -0.493 e. The number of hydrogen-bond donors (Lipinski definition) is 1. The Morgan fingerprint density at radius 3 is 3.21 bits per heavy atom. The first-order valence-corrected chi connectivity index (χ1v) is 7.03. The topological polar surface area (TPSA) is 38.3 Å². The number of allylic oxidation sites excluding steroid dienone is 1. The van der Waals surface area contributed by atoms with Crippen molar-refractivity contribution in [2.45, 2.75) is 32.1 Å². The molecule has 0 aromatic heterocycles. The number of carbonyl (C=O) groups excluding carboxylic acids is 1. The Hall–Kier alpha value is -1.77. The van der Waals surface area contributed by atoms with Crippen LogP contribution in [0.4, 0.5) is 0 Å². The number of nitrogens with one attached hydrogen (secondary N) is 1. The van der Waals surface area contributed by atoms with Gasteiger partial charge in [-0.25, -0.2) is 0 Å². The molecule has 3 nitrogen and oxygen atoms in total. The van der Waals surface area contributed by atoms with Gasteiger partial charge >= 0.3 is 0 Å². The maximum Gasteiger partial charge on any atom is 0.219 e. The highest BCUT2D eigenvalue weighted by Gasteiger charge is 2.25. The van der Waals surface area contributed by atoms with Crippen molar-refractivity contribution in [3.05, 3.63) is 34.9 Å². The van der Waals surface area contributed by atoms with E-state index >= 15 is 0 Å². The van der Waals surface area contributed by atoms with E-state index < -0.39 is 0 Å². The van der Waals surface area contributed by atoms with Crippen LogP contribution in [0.3, 0.4) is 0 Å². The lowest BCUT2D eigenvalue weighted by Gasteiger charge is -2.15. The van der Waals surface area contributed by atoms with Gasteiger partial charge in [0.25, 0.3) is 0 Å². The summed E-state index contributed by atoms with van der Waals surface area (Å²) >= 11 is 0. The van der Waals surface area contributed by atoms with Crippen molar-refractivity contribution in [2.24, 2.45) is 0 Å². The second kappa shape index (κ2) is 5.08. The fraction of sp³-hybridized carbons (Fsp3) is 0.438. The van der Waals surface area contributed by atoms with E-state index in [1.165, 1.54) is 16.7 Å². The zero-order valence-electron chi connectivity index (χ0n) is 11.2. The Morgan fingerprint density at radius 2 is 2.37 bits per heavy atom. The van der Waals surface area contributed by atoms with Crippen LogP contribution in [-0.2, 0) is 11.2 Å². The monoisotopic (exact) mass is 257 g/mol. The van der Waals surface area contributed by atoms with E-state index in [0.717, 1.165) is 31.7 Å². The Kier molecular flexibility index (Phi) is 3.28. The maximum atomic E-state index is 11.3. The molecule has 0 radical (unpaired) electrons. The second-order valence-corrected chi connectivity index (χ2v) is 5.10. The Balaban J connectivity index is 1.73. The van der Waals surface area contributed by atoms with E-state index in [1.54, 1.807) is 0 Å². The lowest BCUT2D eigenvalue weighted by molar-refractivity contribution is -0.120. The van der Waals surface area contributed by atoms with Crippen LogP contribution in [0, 0.1) is 0 Å². The van der Waals surface area contributed by atoms with Gasteiger partial charge in [0.15, 0.2) is 0 Å². The molecule has 1 aliphatic heterocycles. The molecule has 19 heavy (non-hydrogen) atoms. The average Bonchev–Trinajstić information content (AvgIpc) is 3.03. The first-order chi connectivity index (χ1) is 9.29. The summed E-state index contributed by atoms with van der Waals surface area (Å²) in [6, 6.07) is 4.22. The number of ether oxygens (including phenoxy) is 1. The largest absolute Gasteiger partial charge is 0.493 e. The van der Waals surface area contributed by atoms with Crippen molar-refractivity contribution in [3.8, 4) is 5.75 Å². The highest BCUT2D eigenvalue weighted by molar-refractivity contribution is 5.75. The second-order valence-electron chi connectivity index (χ2n) is 5.10. The molecule has 0 spiro atoms. The van der Waals surface area contributed by atoms with Gasteiger partial charge in [0.05, 0.1) is 6.61 Å². The van der Waals surface area contributed by atoms with E-state index in [-0.39, 0.29) is 5.91 Å². The molecule has 1 amide bonds. The summed E-state index contributed by atoms with van der Waals surface area (Å²) in [6.07, 6.45) is 6.98. The van der Waals surface area contributed by atoms with E-state index in [2.05, 4.69) is 29.6 Å². The SMILES string of the molecule is CCC(=O)NCC[C@@H]1C=Cc2ccc3c(c21)CCO3. The van der Waals surface area contributed by atoms with Crippen molar-refractivity contribution < 1.29 is 9.53 Å². The van der Waals surface area contributed by atoms with Crippen LogP contribution in [-0.4, -0.2) is 19.1 Å². The lowest BCUT2D eigenvalue weighted by Crippen LogP contribution is -2.24. The van der Waals surface area contributed by atoms with E-state index in [4.69, 9.17) is 4.74 Å². The number of rotatable bonds is 4. The standard InChI is InChI=1S/C16H19NO2/c1-2-15(18)17-9-7-12-4-3-11-5-6-14-13(16(11)12)8-10-19-14/h3-6,12H,2,7-10H2,1H3,(H,17,18)/t12-/m0/s1.